The number of nitrogens with zero attached hydrogens (tertiary/aromatic N) is 3. The Kier molecular flexibility index (Phi) is 4.71. The van der Waals surface area contributed by atoms with E-state index >= 15 is 0 Å². The maximum Gasteiger partial charge on any atom is 0.253 e. The first-order valence-electron chi connectivity index (χ1n) is 7.44. The molecular formula is C17H22N4O. The molecule has 0 saturated heterocycles. The van der Waals surface area contributed by atoms with E-state index in [2.05, 4.69) is 36.3 Å². The topological polar surface area (TPSA) is 76.9 Å². The van der Waals surface area contributed by atoms with Gasteiger partial charge in [0, 0.05) is 0 Å². The Labute approximate surface area is 131 Å². The molecule has 0 saturated carbocycles. The number of hydrogen-bond acceptors (Lipinski definition) is 4. The van der Waals surface area contributed by atoms with Gasteiger partial charge in [0.15, 0.2) is 5.56 Å². The Bertz CT molecular complexity index is 712. The van der Waals surface area contributed by atoms with Gasteiger partial charge in [-0.15, -0.1) is 5.10 Å². The predicted octanol–water partition coefficient (Wildman–Crippen LogP) is 3.50. The lowest BCUT2D eigenvalue weighted by molar-refractivity contribution is 0.285. The van der Waals surface area contributed by atoms with Crippen molar-refractivity contribution in [3.8, 4) is 11.9 Å². The number of aryl methyl sites for hydroxylation is 2. The summed E-state index contributed by atoms with van der Waals surface area (Å²) in [6.45, 7) is 8.52. The molecule has 1 atom stereocenters. The number of aromatic nitrogens is 2. The lowest BCUT2D eigenvalue weighted by Crippen LogP contribution is -2.09. The van der Waals surface area contributed by atoms with Gasteiger partial charge in [-0.1, -0.05) is 30.7 Å². The van der Waals surface area contributed by atoms with E-state index in [4.69, 9.17) is 10.5 Å². The van der Waals surface area contributed by atoms with Crippen molar-refractivity contribution in [1.29, 1.82) is 5.26 Å². The van der Waals surface area contributed by atoms with Gasteiger partial charge in [-0.25, -0.2) is 4.68 Å². The lowest BCUT2D eigenvalue weighted by Gasteiger charge is -2.10. The molecule has 22 heavy (non-hydrogen) atoms. The molecule has 116 valence electrons. The molecule has 1 aromatic carbocycles. The van der Waals surface area contributed by atoms with E-state index in [1.54, 1.807) is 4.68 Å². The standard InChI is InChI=1S/C17H22N4O/c1-5-13(4)21-16(19)15(9-18)17(20-21)22-10-14-8-11(2)6-7-12(14)3/h6-8,13H,5,10,19H2,1-4H3. The van der Waals surface area contributed by atoms with E-state index in [9.17, 15) is 5.26 Å². The summed E-state index contributed by atoms with van der Waals surface area (Å²) < 4.78 is 7.44. The van der Waals surface area contributed by atoms with Crippen LogP contribution in [-0.2, 0) is 6.61 Å². The van der Waals surface area contributed by atoms with Gasteiger partial charge in [-0.05, 0) is 38.3 Å². The molecule has 1 unspecified atom stereocenters. The van der Waals surface area contributed by atoms with Crippen molar-refractivity contribution < 1.29 is 4.74 Å². The summed E-state index contributed by atoms with van der Waals surface area (Å²) in [6.07, 6.45) is 0.882. The van der Waals surface area contributed by atoms with E-state index in [0.29, 0.717) is 23.9 Å². The van der Waals surface area contributed by atoms with E-state index in [0.717, 1.165) is 17.5 Å². The average molecular weight is 298 g/mol. The molecule has 0 bridgehead atoms. The van der Waals surface area contributed by atoms with Crippen molar-refractivity contribution in [2.75, 3.05) is 5.73 Å². The van der Waals surface area contributed by atoms with Crippen LogP contribution in [0.5, 0.6) is 5.88 Å². The Hall–Kier alpha value is -2.48. The Balaban J connectivity index is 2.26. The molecule has 5 heteroatoms. The van der Waals surface area contributed by atoms with Gasteiger partial charge < -0.3 is 10.5 Å². The second kappa shape index (κ2) is 6.52. The van der Waals surface area contributed by atoms with Crippen LogP contribution >= 0.6 is 0 Å². The van der Waals surface area contributed by atoms with Crippen molar-refractivity contribution in [3.05, 3.63) is 40.5 Å². The van der Waals surface area contributed by atoms with Crippen molar-refractivity contribution in [2.24, 2.45) is 0 Å². The van der Waals surface area contributed by atoms with Gasteiger partial charge in [0.05, 0.1) is 6.04 Å². The van der Waals surface area contributed by atoms with Crippen LogP contribution in [0.2, 0.25) is 0 Å². The highest BCUT2D eigenvalue weighted by atomic mass is 16.5. The minimum Gasteiger partial charge on any atom is -0.471 e. The SMILES string of the molecule is CCC(C)n1nc(OCc2cc(C)ccc2C)c(C#N)c1N. The highest BCUT2D eigenvalue weighted by Crippen LogP contribution is 2.27. The van der Waals surface area contributed by atoms with Crippen LogP contribution in [0.15, 0.2) is 18.2 Å². The molecule has 1 heterocycles. The maximum atomic E-state index is 9.30. The van der Waals surface area contributed by atoms with Crippen LogP contribution in [-0.4, -0.2) is 9.78 Å². The molecule has 0 amide bonds. The minimum absolute atomic E-state index is 0.130. The highest BCUT2D eigenvalue weighted by molar-refractivity contribution is 5.55. The zero-order valence-electron chi connectivity index (χ0n) is 13.6. The molecule has 0 aliphatic heterocycles. The zero-order chi connectivity index (χ0) is 16.3. The first-order chi connectivity index (χ1) is 10.5. The number of benzene rings is 1. The smallest absolute Gasteiger partial charge is 0.253 e. The Morgan fingerprint density at radius 1 is 1.41 bits per heavy atom. The third-order valence-corrected chi connectivity index (χ3v) is 3.90. The molecule has 1 aromatic heterocycles. The van der Waals surface area contributed by atoms with E-state index < -0.39 is 0 Å². The fourth-order valence-electron chi connectivity index (χ4n) is 2.24. The summed E-state index contributed by atoms with van der Waals surface area (Å²) in [5.41, 5.74) is 9.73. The highest BCUT2D eigenvalue weighted by Gasteiger charge is 2.19. The van der Waals surface area contributed by atoms with Crippen LogP contribution in [0.3, 0.4) is 0 Å². The monoisotopic (exact) mass is 298 g/mol. The summed E-state index contributed by atoms with van der Waals surface area (Å²) in [5.74, 6) is 0.675. The normalized spacial score (nSPS) is 12.0. The number of rotatable bonds is 5. The third kappa shape index (κ3) is 3.06. The van der Waals surface area contributed by atoms with Gasteiger partial charge in [0.2, 0.25) is 0 Å². The number of anilines is 1. The largest absolute Gasteiger partial charge is 0.471 e. The molecule has 0 fully saturated rings. The first kappa shape index (κ1) is 15.9. The number of nitrogens with two attached hydrogens (primary N) is 1. The predicted molar refractivity (Wildman–Crippen MR) is 86.6 cm³/mol. The fraction of sp³-hybridized carbons (Fsp3) is 0.412. The summed E-state index contributed by atoms with van der Waals surface area (Å²) in [7, 11) is 0. The quantitative estimate of drug-likeness (QED) is 0.916. The van der Waals surface area contributed by atoms with Crippen LogP contribution in [0.1, 0.15) is 48.6 Å². The number of ether oxygens (including phenoxy) is 1. The van der Waals surface area contributed by atoms with Gasteiger partial charge in [0.25, 0.3) is 5.88 Å². The van der Waals surface area contributed by atoms with Gasteiger partial charge in [-0.2, -0.15) is 5.26 Å². The zero-order valence-corrected chi connectivity index (χ0v) is 13.6. The molecule has 2 N–H and O–H groups in total. The summed E-state index contributed by atoms with van der Waals surface area (Å²) >= 11 is 0. The summed E-state index contributed by atoms with van der Waals surface area (Å²) in [6, 6.07) is 8.43. The minimum atomic E-state index is 0.130. The maximum absolute atomic E-state index is 9.30. The van der Waals surface area contributed by atoms with Crippen molar-refractivity contribution in [2.45, 2.75) is 46.8 Å². The summed E-state index contributed by atoms with van der Waals surface area (Å²) in [5, 5.41) is 13.7. The van der Waals surface area contributed by atoms with E-state index in [1.165, 1.54) is 5.56 Å². The van der Waals surface area contributed by atoms with Crippen LogP contribution < -0.4 is 10.5 Å². The van der Waals surface area contributed by atoms with Gasteiger partial charge in [-0.3, -0.25) is 0 Å². The van der Waals surface area contributed by atoms with Crippen LogP contribution in [0.4, 0.5) is 5.82 Å². The average Bonchev–Trinajstić information content (AvgIpc) is 2.83. The van der Waals surface area contributed by atoms with Crippen molar-refractivity contribution >= 4 is 5.82 Å². The first-order valence-corrected chi connectivity index (χ1v) is 7.44. The van der Waals surface area contributed by atoms with Crippen LogP contribution in [0, 0.1) is 25.2 Å². The molecule has 0 radical (unpaired) electrons. The van der Waals surface area contributed by atoms with Crippen LogP contribution in [0.25, 0.3) is 0 Å². The van der Waals surface area contributed by atoms with E-state index in [1.807, 2.05) is 20.8 Å². The second-order valence-corrected chi connectivity index (χ2v) is 5.60. The van der Waals surface area contributed by atoms with Crippen molar-refractivity contribution in [1.82, 2.24) is 9.78 Å². The molecule has 0 spiro atoms. The Morgan fingerprint density at radius 3 is 2.77 bits per heavy atom. The van der Waals surface area contributed by atoms with Crippen molar-refractivity contribution in [3.63, 3.8) is 0 Å². The molecule has 0 aliphatic rings. The number of nitriles is 1. The second-order valence-electron chi connectivity index (χ2n) is 5.60. The molecule has 2 rings (SSSR count). The molecular weight excluding hydrogens is 276 g/mol. The number of hydrogen-bond donors (Lipinski definition) is 1. The Morgan fingerprint density at radius 2 is 2.14 bits per heavy atom. The molecule has 2 aromatic rings. The van der Waals surface area contributed by atoms with E-state index in [-0.39, 0.29) is 6.04 Å². The molecule has 5 nitrogen and oxygen atoms in total. The lowest BCUT2D eigenvalue weighted by atomic mass is 10.1. The fourth-order valence-corrected chi connectivity index (χ4v) is 2.24. The molecule has 0 aliphatic carbocycles. The summed E-state index contributed by atoms with van der Waals surface area (Å²) in [4.78, 5) is 0. The van der Waals surface area contributed by atoms with Gasteiger partial charge in [0.1, 0.15) is 18.5 Å². The third-order valence-electron chi connectivity index (χ3n) is 3.90. The number of nitrogen functional groups attached to an aromatic ring is 1. The van der Waals surface area contributed by atoms with Gasteiger partial charge >= 0.3 is 0 Å².